The van der Waals surface area contributed by atoms with Gasteiger partial charge in [-0.2, -0.15) is 0 Å². The van der Waals surface area contributed by atoms with E-state index in [4.69, 9.17) is 4.74 Å². The Balaban J connectivity index is 1.92. The molecule has 1 aromatic rings. The lowest BCUT2D eigenvalue weighted by Gasteiger charge is -2.28. The summed E-state index contributed by atoms with van der Waals surface area (Å²) in [5, 5.41) is 5.59. The molecule has 1 aliphatic rings. The van der Waals surface area contributed by atoms with E-state index >= 15 is 0 Å². The molecule has 27 heavy (non-hydrogen) atoms. The first-order valence-corrected chi connectivity index (χ1v) is 9.93. The maximum absolute atomic E-state index is 12.7. The summed E-state index contributed by atoms with van der Waals surface area (Å²) in [6.07, 6.45) is 3.06. The zero-order chi connectivity index (χ0) is 20.1. The smallest absolute Gasteiger partial charge is 0.313 e. The van der Waals surface area contributed by atoms with Crippen LogP contribution in [0.3, 0.4) is 0 Å². The molecule has 1 fully saturated rings. The van der Waals surface area contributed by atoms with Crippen molar-refractivity contribution in [1.29, 1.82) is 0 Å². The van der Waals surface area contributed by atoms with Crippen molar-refractivity contribution in [3.63, 3.8) is 0 Å². The molecule has 0 bridgehead atoms. The first kappa shape index (κ1) is 21.4. The van der Waals surface area contributed by atoms with Gasteiger partial charge in [-0.3, -0.25) is 14.4 Å². The lowest BCUT2D eigenvalue weighted by Crippen LogP contribution is -2.44. The summed E-state index contributed by atoms with van der Waals surface area (Å²) in [5.74, 6) is -1.04. The number of rotatable bonds is 6. The Morgan fingerprint density at radius 3 is 2.41 bits per heavy atom. The fraction of sp³-hybridized carbons (Fsp3) is 0.550. The number of hydrogen-bond acceptors (Lipinski definition) is 4. The number of esters is 1. The van der Waals surface area contributed by atoms with Gasteiger partial charge >= 0.3 is 5.97 Å². The Labute approximate surface area is 168 Å². The molecule has 1 aliphatic carbocycles. The molecule has 1 aromatic carbocycles. The minimum absolute atomic E-state index is 0.0936. The van der Waals surface area contributed by atoms with Crippen LogP contribution in [0.1, 0.15) is 52.9 Å². The van der Waals surface area contributed by atoms with Gasteiger partial charge in [0, 0.05) is 22.1 Å². The molecule has 0 unspecified atom stereocenters. The highest BCUT2D eigenvalue weighted by atomic mass is 79.9. The van der Waals surface area contributed by atoms with E-state index in [9.17, 15) is 14.4 Å². The minimum atomic E-state index is -0.828. The summed E-state index contributed by atoms with van der Waals surface area (Å²) in [6.45, 7) is 5.33. The molecule has 7 heteroatoms. The van der Waals surface area contributed by atoms with Gasteiger partial charge in [-0.15, -0.1) is 0 Å². The number of nitrogens with one attached hydrogen (secondary N) is 2. The molecule has 0 heterocycles. The quantitative estimate of drug-likeness (QED) is 0.661. The molecule has 0 aromatic heterocycles. The van der Waals surface area contributed by atoms with Crippen LogP contribution in [0.15, 0.2) is 28.7 Å². The van der Waals surface area contributed by atoms with E-state index in [1.165, 1.54) is 0 Å². The molecule has 0 saturated heterocycles. The monoisotopic (exact) mass is 438 g/mol. The summed E-state index contributed by atoms with van der Waals surface area (Å²) in [7, 11) is 0. The van der Waals surface area contributed by atoms with E-state index in [-0.39, 0.29) is 24.5 Å². The number of amides is 2. The standard InChI is InChI=1S/C20H27BrN2O4/c1-19(2,3)23-16(24)12-20(9-4-5-10-20)18(26)27-13-17(25)22-15-8-6-7-14(21)11-15/h6-8,11H,4-5,9-10,12-13H2,1-3H3,(H,22,25)(H,23,24). The van der Waals surface area contributed by atoms with Crippen molar-refractivity contribution in [3.8, 4) is 0 Å². The van der Waals surface area contributed by atoms with Crippen LogP contribution < -0.4 is 10.6 Å². The molecule has 2 N–H and O–H groups in total. The third kappa shape index (κ3) is 6.65. The van der Waals surface area contributed by atoms with E-state index < -0.39 is 17.3 Å². The molecule has 2 rings (SSSR count). The van der Waals surface area contributed by atoms with Crippen LogP contribution >= 0.6 is 15.9 Å². The number of carbonyl (C=O) groups is 3. The molecule has 2 amide bonds. The Kier molecular flexibility index (Phi) is 7.03. The Morgan fingerprint density at radius 2 is 1.81 bits per heavy atom. The van der Waals surface area contributed by atoms with E-state index in [1.807, 2.05) is 26.8 Å². The topological polar surface area (TPSA) is 84.5 Å². The van der Waals surface area contributed by atoms with Crippen molar-refractivity contribution in [3.05, 3.63) is 28.7 Å². The SMILES string of the molecule is CC(C)(C)NC(=O)CC1(C(=O)OCC(=O)Nc2cccc(Br)c2)CCCC1. The zero-order valence-electron chi connectivity index (χ0n) is 16.1. The van der Waals surface area contributed by atoms with Crippen LogP contribution in [0.5, 0.6) is 0 Å². The number of hydrogen-bond donors (Lipinski definition) is 2. The van der Waals surface area contributed by atoms with Gasteiger partial charge in [-0.1, -0.05) is 34.8 Å². The van der Waals surface area contributed by atoms with Gasteiger partial charge in [-0.05, 0) is 51.8 Å². The van der Waals surface area contributed by atoms with Crippen molar-refractivity contribution < 1.29 is 19.1 Å². The van der Waals surface area contributed by atoms with E-state index in [1.54, 1.807) is 18.2 Å². The van der Waals surface area contributed by atoms with Crippen molar-refractivity contribution in [1.82, 2.24) is 5.32 Å². The van der Waals surface area contributed by atoms with Crippen molar-refractivity contribution in [2.45, 2.75) is 58.4 Å². The predicted molar refractivity (Wildman–Crippen MR) is 107 cm³/mol. The van der Waals surface area contributed by atoms with Gasteiger partial charge in [0.25, 0.3) is 5.91 Å². The second-order valence-corrected chi connectivity index (χ2v) is 9.01. The molecule has 6 nitrogen and oxygen atoms in total. The van der Waals surface area contributed by atoms with E-state index in [0.29, 0.717) is 18.5 Å². The van der Waals surface area contributed by atoms with E-state index in [2.05, 4.69) is 26.6 Å². The third-order valence-electron chi connectivity index (χ3n) is 4.45. The van der Waals surface area contributed by atoms with Crippen LogP contribution in [-0.4, -0.2) is 29.9 Å². The Bertz CT molecular complexity index is 706. The highest BCUT2D eigenvalue weighted by molar-refractivity contribution is 9.10. The number of halogens is 1. The summed E-state index contributed by atoms with van der Waals surface area (Å²) in [6, 6.07) is 7.16. The molecule has 1 saturated carbocycles. The van der Waals surface area contributed by atoms with Gasteiger partial charge in [0.2, 0.25) is 5.91 Å². The van der Waals surface area contributed by atoms with Crippen LogP contribution in [0.2, 0.25) is 0 Å². The van der Waals surface area contributed by atoms with Crippen LogP contribution in [0.4, 0.5) is 5.69 Å². The summed E-state index contributed by atoms with van der Waals surface area (Å²) < 4.78 is 6.12. The van der Waals surface area contributed by atoms with Gasteiger partial charge in [0.05, 0.1) is 5.41 Å². The van der Waals surface area contributed by atoms with E-state index in [0.717, 1.165) is 17.3 Å². The lowest BCUT2D eigenvalue weighted by molar-refractivity contribution is -0.160. The maximum Gasteiger partial charge on any atom is 0.313 e. The largest absolute Gasteiger partial charge is 0.455 e. The summed E-state index contributed by atoms with van der Waals surface area (Å²) in [4.78, 5) is 37.1. The second kappa shape index (κ2) is 8.87. The average Bonchev–Trinajstić information content (AvgIpc) is 3.00. The molecule has 148 valence electrons. The van der Waals surface area contributed by atoms with Crippen molar-refractivity contribution in [2.24, 2.45) is 5.41 Å². The van der Waals surface area contributed by atoms with Crippen molar-refractivity contribution in [2.75, 3.05) is 11.9 Å². The maximum atomic E-state index is 12.7. The van der Waals surface area contributed by atoms with Gasteiger partial charge in [0.1, 0.15) is 0 Å². The minimum Gasteiger partial charge on any atom is -0.455 e. The van der Waals surface area contributed by atoms with Crippen LogP contribution in [0.25, 0.3) is 0 Å². The van der Waals surface area contributed by atoms with Crippen molar-refractivity contribution >= 4 is 39.4 Å². The highest BCUT2D eigenvalue weighted by Crippen LogP contribution is 2.42. The number of benzene rings is 1. The van der Waals surface area contributed by atoms with Gasteiger partial charge in [-0.25, -0.2) is 0 Å². The number of ether oxygens (including phenoxy) is 1. The number of anilines is 1. The average molecular weight is 439 g/mol. The number of carbonyl (C=O) groups excluding carboxylic acids is 3. The first-order valence-electron chi connectivity index (χ1n) is 9.13. The second-order valence-electron chi connectivity index (χ2n) is 8.10. The van der Waals surface area contributed by atoms with Gasteiger partial charge in [0.15, 0.2) is 6.61 Å². The summed E-state index contributed by atoms with van der Waals surface area (Å²) in [5.41, 5.74) is -0.568. The molecular formula is C20H27BrN2O4. The lowest BCUT2D eigenvalue weighted by atomic mass is 9.82. The first-order chi connectivity index (χ1) is 12.6. The molecule has 0 atom stereocenters. The Morgan fingerprint density at radius 1 is 1.15 bits per heavy atom. The molecule has 0 radical (unpaired) electrons. The summed E-state index contributed by atoms with van der Waals surface area (Å²) >= 11 is 3.33. The fourth-order valence-electron chi connectivity index (χ4n) is 3.32. The normalized spacial score (nSPS) is 15.9. The Hall–Kier alpha value is -1.89. The zero-order valence-corrected chi connectivity index (χ0v) is 17.6. The van der Waals surface area contributed by atoms with Crippen LogP contribution in [-0.2, 0) is 19.1 Å². The van der Waals surface area contributed by atoms with Gasteiger partial charge < -0.3 is 15.4 Å². The molecule has 0 aliphatic heterocycles. The van der Waals surface area contributed by atoms with Crippen LogP contribution in [0, 0.1) is 5.41 Å². The third-order valence-corrected chi connectivity index (χ3v) is 4.94. The molecular weight excluding hydrogens is 412 g/mol. The molecule has 0 spiro atoms. The predicted octanol–water partition coefficient (Wildman–Crippen LogP) is 3.80. The highest BCUT2D eigenvalue weighted by Gasteiger charge is 2.44. The fourth-order valence-corrected chi connectivity index (χ4v) is 3.72.